The molecule has 0 aliphatic heterocycles. The van der Waals surface area contributed by atoms with Crippen molar-refractivity contribution in [1.29, 1.82) is 0 Å². The van der Waals surface area contributed by atoms with Gasteiger partial charge in [0.2, 0.25) is 0 Å². The molecule has 174 valence electrons. The number of rotatable bonds is 9. The Kier molecular flexibility index (Phi) is 6.89. The van der Waals surface area contributed by atoms with Crippen LogP contribution >= 0.6 is 0 Å². The molecule has 1 N–H and O–H groups in total. The highest BCUT2D eigenvalue weighted by Gasteiger charge is 2.31. The number of imidazole rings is 1. The number of aliphatic hydroxyl groups is 1. The van der Waals surface area contributed by atoms with Gasteiger partial charge in [-0.2, -0.15) is 4.98 Å². The Morgan fingerprint density at radius 1 is 1.12 bits per heavy atom. The van der Waals surface area contributed by atoms with Crippen molar-refractivity contribution in [2.45, 2.75) is 25.9 Å². The SMILES string of the molecule is COCCn1c(Oc2cccc(OC(F)(F)F)c2)nc2c1c(=O)n(CCCO)c(=O)n2C. The van der Waals surface area contributed by atoms with Crippen LogP contribution in [0.2, 0.25) is 0 Å². The minimum Gasteiger partial charge on any atom is -0.425 e. The summed E-state index contributed by atoms with van der Waals surface area (Å²) < 4.78 is 55.7. The van der Waals surface area contributed by atoms with E-state index in [9.17, 15) is 22.8 Å². The zero-order valence-corrected chi connectivity index (χ0v) is 17.3. The quantitative estimate of drug-likeness (QED) is 0.519. The average molecular weight is 458 g/mol. The van der Waals surface area contributed by atoms with Crippen LogP contribution in [0, 0.1) is 0 Å². The van der Waals surface area contributed by atoms with Gasteiger partial charge >= 0.3 is 18.1 Å². The molecule has 1 aromatic carbocycles. The van der Waals surface area contributed by atoms with Crippen LogP contribution in [0.3, 0.4) is 0 Å². The average Bonchev–Trinajstić information content (AvgIpc) is 3.08. The number of hydrogen-bond donors (Lipinski definition) is 1. The second-order valence-electron chi connectivity index (χ2n) is 6.71. The summed E-state index contributed by atoms with van der Waals surface area (Å²) in [5.74, 6) is -0.514. The normalized spacial score (nSPS) is 11.8. The third kappa shape index (κ3) is 4.94. The lowest BCUT2D eigenvalue weighted by molar-refractivity contribution is -0.274. The van der Waals surface area contributed by atoms with E-state index in [4.69, 9.17) is 14.6 Å². The van der Waals surface area contributed by atoms with Crippen molar-refractivity contribution in [2.75, 3.05) is 20.3 Å². The van der Waals surface area contributed by atoms with E-state index in [1.165, 1.54) is 30.9 Å². The third-order valence-electron chi connectivity index (χ3n) is 4.50. The lowest BCUT2D eigenvalue weighted by Gasteiger charge is -2.12. The van der Waals surface area contributed by atoms with E-state index in [2.05, 4.69) is 9.72 Å². The Hall–Kier alpha value is -3.32. The molecule has 0 saturated carbocycles. The Labute approximate surface area is 179 Å². The summed E-state index contributed by atoms with van der Waals surface area (Å²) in [5.41, 5.74) is -1.17. The standard InChI is InChI=1S/C19H21F3N4O6/c1-24-15-14(16(28)26(18(24)29)7-4-9-27)25(8-10-30-2)17(23-15)31-12-5-3-6-13(11-12)32-19(20,21)22/h3,5-6,11,27H,4,7-10H2,1-2H3. The zero-order chi connectivity index (χ0) is 23.5. The Morgan fingerprint density at radius 2 is 1.84 bits per heavy atom. The molecule has 0 radical (unpaired) electrons. The highest BCUT2D eigenvalue weighted by atomic mass is 19.4. The van der Waals surface area contributed by atoms with E-state index < -0.39 is 23.4 Å². The van der Waals surface area contributed by atoms with Gasteiger partial charge in [0.05, 0.1) is 13.2 Å². The molecule has 0 unspecified atom stereocenters. The van der Waals surface area contributed by atoms with Crippen LogP contribution in [0.4, 0.5) is 13.2 Å². The first kappa shape index (κ1) is 23.3. The molecule has 0 bridgehead atoms. The van der Waals surface area contributed by atoms with E-state index >= 15 is 0 Å². The van der Waals surface area contributed by atoms with Gasteiger partial charge in [0.25, 0.3) is 5.56 Å². The lowest BCUT2D eigenvalue weighted by Crippen LogP contribution is -2.40. The number of aliphatic hydroxyl groups excluding tert-OH is 1. The van der Waals surface area contributed by atoms with Gasteiger partial charge in [-0.25, -0.2) is 4.79 Å². The molecule has 3 rings (SSSR count). The summed E-state index contributed by atoms with van der Waals surface area (Å²) in [6, 6.07) is 4.70. The summed E-state index contributed by atoms with van der Waals surface area (Å²) in [4.78, 5) is 29.9. The molecule has 0 fully saturated rings. The fraction of sp³-hybridized carbons (Fsp3) is 0.421. The number of aryl methyl sites for hydroxylation is 1. The van der Waals surface area contributed by atoms with E-state index in [1.54, 1.807) is 0 Å². The van der Waals surface area contributed by atoms with Crippen molar-refractivity contribution >= 4 is 11.2 Å². The largest absolute Gasteiger partial charge is 0.573 e. The summed E-state index contributed by atoms with van der Waals surface area (Å²) in [6.07, 6.45) is -4.68. The number of hydrogen-bond acceptors (Lipinski definition) is 7. The van der Waals surface area contributed by atoms with Crippen LogP contribution < -0.4 is 20.7 Å². The lowest BCUT2D eigenvalue weighted by atomic mass is 10.3. The van der Waals surface area contributed by atoms with Crippen molar-refractivity contribution in [3.63, 3.8) is 0 Å². The van der Waals surface area contributed by atoms with Crippen LogP contribution in [0.25, 0.3) is 11.2 Å². The van der Waals surface area contributed by atoms with Crippen molar-refractivity contribution in [1.82, 2.24) is 18.7 Å². The number of alkyl halides is 3. The molecule has 2 aromatic heterocycles. The second kappa shape index (κ2) is 9.44. The second-order valence-corrected chi connectivity index (χ2v) is 6.71. The fourth-order valence-corrected chi connectivity index (χ4v) is 3.09. The molecular weight excluding hydrogens is 437 g/mol. The van der Waals surface area contributed by atoms with Gasteiger partial charge in [-0.05, 0) is 18.6 Å². The first-order valence-corrected chi connectivity index (χ1v) is 9.49. The highest BCUT2D eigenvalue weighted by Crippen LogP contribution is 2.29. The molecule has 0 amide bonds. The van der Waals surface area contributed by atoms with Crippen molar-refractivity contribution in [3.8, 4) is 17.5 Å². The molecule has 2 heterocycles. The predicted molar refractivity (Wildman–Crippen MR) is 106 cm³/mol. The highest BCUT2D eigenvalue weighted by molar-refractivity contribution is 5.72. The van der Waals surface area contributed by atoms with Gasteiger partial charge in [-0.3, -0.25) is 18.5 Å². The van der Waals surface area contributed by atoms with Gasteiger partial charge in [-0.1, -0.05) is 6.07 Å². The minimum atomic E-state index is -4.87. The summed E-state index contributed by atoms with van der Waals surface area (Å²) in [7, 11) is 2.88. The molecule has 0 aliphatic rings. The summed E-state index contributed by atoms with van der Waals surface area (Å²) in [6.45, 7) is 0.0776. The maximum atomic E-state index is 13.0. The predicted octanol–water partition coefficient (Wildman–Crippen LogP) is 1.62. The Balaban J connectivity index is 2.12. The molecule has 10 nitrogen and oxygen atoms in total. The first-order chi connectivity index (χ1) is 15.2. The Morgan fingerprint density at radius 3 is 2.50 bits per heavy atom. The van der Waals surface area contributed by atoms with Crippen molar-refractivity contribution in [3.05, 3.63) is 45.1 Å². The monoisotopic (exact) mass is 458 g/mol. The fourth-order valence-electron chi connectivity index (χ4n) is 3.09. The van der Waals surface area contributed by atoms with Crippen LogP contribution in [-0.2, 0) is 24.9 Å². The van der Waals surface area contributed by atoms with Gasteiger partial charge in [0, 0.05) is 33.4 Å². The maximum Gasteiger partial charge on any atom is 0.573 e. The molecule has 13 heteroatoms. The number of benzene rings is 1. The molecular formula is C19H21F3N4O6. The van der Waals surface area contributed by atoms with Gasteiger partial charge in [0.15, 0.2) is 11.2 Å². The number of halogens is 3. The number of nitrogens with zero attached hydrogens (tertiary/aromatic N) is 4. The van der Waals surface area contributed by atoms with Crippen LogP contribution in [0.15, 0.2) is 33.9 Å². The van der Waals surface area contributed by atoms with Crippen LogP contribution in [-0.4, -0.2) is 50.5 Å². The molecule has 0 aliphatic carbocycles. The summed E-state index contributed by atoms with van der Waals surface area (Å²) >= 11 is 0. The van der Waals surface area contributed by atoms with Gasteiger partial charge in [-0.15, -0.1) is 13.2 Å². The minimum absolute atomic E-state index is 0.000418. The van der Waals surface area contributed by atoms with Crippen LogP contribution in [0.1, 0.15) is 6.42 Å². The smallest absolute Gasteiger partial charge is 0.425 e. The van der Waals surface area contributed by atoms with E-state index in [0.29, 0.717) is 0 Å². The molecule has 32 heavy (non-hydrogen) atoms. The van der Waals surface area contributed by atoms with Crippen molar-refractivity contribution in [2.24, 2.45) is 7.05 Å². The van der Waals surface area contributed by atoms with Gasteiger partial charge in [0.1, 0.15) is 11.5 Å². The van der Waals surface area contributed by atoms with E-state index in [0.717, 1.165) is 21.3 Å². The van der Waals surface area contributed by atoms with Crippen molar-refractivity contribution < 1.29 is 32.5 Å². The third-order valence-corrected chi connectivity index (χ3v) is 4.50. The topological polar surface area (TPSA) is 110 Å². The first-order valence-electron chi connectivity index (χ1n) is 9.49. The Bertz CT molecular complexity index is 1210. The maximum absolute atomic E-state index is 13.0. The van der Waals surface area contributed by atoms with E-state index in [-0.39, 0.29) is 55.6 Å². The van der Waals surface area contributed by atoms with Gasteiger partial charge < -0.3 is 19.3 Å². The number of methoxy groups -OCH3 is 1. The molecule has 3 aromatic rings. The number of ether oxygens (including phenoxy) is 3. The number of fused-ring (bicyclic) bond motifs is 1. The molecule has 0 atom stereocenters. The van der Waals surface area contributed by atoms with Crippen LogP contribution in [0.5, 0.6) is 17.5 Å². The molecule has 0 saturated heterocycles. The molecule has 0 spiro atoms. The van der Waals surface area contributed by atoms with E-state index in [1.807, 2.05) is 0 Å². The number of aromatic nitrogens is 4. The zero-order valence-electron chi connectivity index (χ0n) is 17.3. The summed E-state index contributed by atoms with van der Waals surface area (Å²) in [5, 5.41) is 9.06.